The molecule has 0 aliphatic carbocycles. The summed E-state index contributed by atoms with van der Waals surface area (Å²) in [5, 5.41) is 9.96. The van der Waals surface area contributed by atoms with Crippen LogP contribution in [0.4, 0.5) is 0 Å². The van der Waals surface area contributed by atoms with Crippen molar-refractivity contribution in [1.82, 2.24) is 5.06 Å². The number of carbonyl (C=O) groups is 2. The van der Waals surface area contributed by atoms with Gasteiger partial charge in [0, 0.05) is 13.7 Å². The molecule has 1 amide bonds. The first-order chi connectivity index (χ1) is 10.5. The van der Waals surface area contributed by atoms with Crippen LogP contribution in [-0.4, -0.2) is 42.8 Å². The molecule has 6 nitrogen and oxygen atoms in total. The third-order valence-corrected chi connectivity index (χ3v) is 3.31. The average molecular weight is 309 g/mol. The van der Waals surface area contributed by atoms with Crippen LogP contribution in [0, 0.1) is 5.92 Å². The van der Waals surface area contributed by atoms with Crippen LogP contribution in [-0.2, 0) is 25.8 Å². The van der Waals surface area contributed by atoms with Gasteiger partial charge in [-0.15, -0.1) is 0 Å². The Morgan fingerprint density at radius 2 is 1.95 bits per heavy atom. The molecule has 0 saturated carbocycles. The summed E-state index contributed by atoms with van der Waals surface area (Å²) in [5.74, 6) is -1.91. The van der Waals surface area contributed by atoms with E-state index in [-0.39, 0.29) is 12.3 Å². The van der Waals surface area contributed by atoms with Gasteiger partial charge in [0.1, 0.15) is 0 Å². The zero-order valence-corrected chi connectivity index (χ0v) is 13.0. The predicted octanol–water partition coefficient (Wildman–Crippen LogP) is 2.09. The number of carbonyl (C=O) groups excluding carboxylic acids is 1. The van der Waals surface area contributed by atoms with Crippen molar-refractivity contribution in [3.63, 3.8) is 0 Å². The van der Waals surface area contributed by atoms with Crippen molar-refractivity contribution in [3.8, 4) is 0 Å². The van der Waals surface area contributed by atoms with Crippen LogP contribution < -0.4 is 0 Å². The number of carboxylic acid groups (broad SMARTS) is 1. The second-order valence-corrected chi connectivity index (χ2v) is 4.99. The maximum Gasteiger partial charge on any atom is 0.304 e. The Morgan fingerprint density at radius 1 is 1.27 bits per heavy atom. The summed E-state index contributed by atoms with van der Waals surface area (Å²) < 4.78 is 5.54. The Kier molecular flexibility index (Phi) is 8.17. The van der Waals surface area contributed by atoms with Gasteiger partial charge in [-0.05, 0) is 18.4 Å². The van der Waals surface area contributed by atoms with E-state index in [0.717, 1.165) is 10.6 Å². The van der Waals surface area contributed by atoms with Crippen LogP contribution in [0.15, 0.2) is 30.3 Å². The second-order valence-electron chi connectivity index (χ2n) is 4.99. The third kappa shape index (κ3) is 6.69. The van der Waals surface area contributed by atoms with Crippen molar-refractivity contribution in [2.45, 2.75) is 25.9 Å². The highest BCUT2D eigenvalue weighted by Gasteiger charge is 2.24. The van der Waals surface area contributed by atoms with Crippen molar-refractivity contribution in [1.29, 1.82) is 0 Å². The molecule has 22 heavy (non-hydrogen) atoms. The lowest BCUT2D eigenvalue weighted by molar-refractivity contribution is -0.175. The van der Waals surface area contributed by atoms with Gasteiger partial charge < -0.3 is 9.84 Å². The molecule has 1 aromatic rings. The minimum Gasteiger partial charge on any atom is -0.481 e. The number of rotatable bonds is 10. The fraction of sp³-hybridized carbons (Fsp3) is 0.500. The number of aliphatic carboxylic acids is 1. The molecule has 0 heterocycles. The van der Waals surface area contributed by atoms with Crippen LogP contribution in [0.2, 0.25) is 0 Å². The van der Waals surface area contributed by atoms with Crippen LogP contribution in [0.25, 0.3) is 0 Å². The normalized spacial score (nSPS) is 11.9. The number of hydroxylamine groups is 2. The van der Waals surface area contributed by atoms with Crippen molar-refractivity contribution in [2.75, 3.05) is 20.8 Å². The number of amides is 1. The lowest BCUT2D eigenvalue weighted by Gasteiger charge is -2.20. The summed E-state index contributed by atoms with van der Waals surface area (Å²) in [4.78, 5) is 27.7. The summed E-state index contributed by atoms with van der Waals surface area (Å²) in [6.45, 7) is 0.991. The molecule has 0 aliphatic rings. The molecule has 1 rings (SSSR count). The molecule has 0 aliphatic heterocycles. The van der Waals surface area contributed by atoms with Gasteiger partial charge in [-0.25, -0.2) is 5.06 Å². The van der Waals surface area contributed by atoms with E-state index in [9.17, 15) is 9.59 Å². The molecule has 1 aromatic carbocycles. The molecule has 1 N–H and O–H groups in total. The average Bonchev–Trinajstić information content (AvgIpc) is 2.52. The smallest absolute Gasteiger partial charge is 0.304 e. The first kappa shape index (κ1) is 18.1. The van der Waals surface area contributed by atoms with Crippen molar-refractivity contribution >= 4 is 11.9 Å². The Bertz CT molecular complexity index is 463. The van der Waals surface area contributed by atoms with Gasteiger partial charge in [0.25, 0.3) is 0 Å². The molecular formula is C16H23NO5. The van der Waals surface area contributed by atoms with Gasteiger partial charge in [-0.1, -0.05) is 30.3 Å². The van der Waals surface area contributed by atoms with Crippen molar-refractivity contribution in [3.05, 3.63) is 35.9 Å². The molecule has 6 heteroatoms. The number of carboxylic acids is 1. The fourth-order valence-electron chi connectivity index (χ4n) is 2.07. The molecule has 1 atom stereocenters. The molecule has 122 valence electrons. The van der Waals surface area contributed by atoms with Crippen LogP contribution in [0.3, 0.4) is 0 Å². The van der Waals surface area contributed by atoms with E-state index in [1.165, 1.54) is 14.2 Å². The quantitative estimate of drug-likeness (QED) is 0.529. The second kappa shape index (κ2) is 9.92. The topological polar surface area (TPSA) is 76.1 Å². The van der Waals surface area contributed by atoms with Crippen LogP contribution in [0.1, 0.15) is 24.8 Å². The van der Waals surface area contributed by atoms with Gasteiger partial charge in [0.05, 0.1) is 26.1 Å². The summed E-state index contributed by atoms with van der Waals surface area (Å²) >= 11 is 0. The number of nitrogens with zero attached hydrogens (tertiary/aromatic N) is 1. The highest BCUT2D eigenvalue weighted by Crippen LogP contribution is 2.15. The third-order valence-electron chi connectivity index (χ3n) is 3.31. The van der Waals surface area contributed by atoms with Crippen molar-refractivity contribution < 1.29 is 24.3 Å². The van der Waals surface area contributed by atoms with E-state index in [1.807, 2.05) is 30.3 Å². The number of hydrogen-bond donors (Lipinski definition) is 1. The summed E-state index contributed by atoms with van der Waals surface area (Å²) in [6.07, 6.45) is 0.868. The zero-order valence-electron chi connectivity index (χ0n) is 13.0. The monoisotopic (exact) mass is 309 g/mol. The predicted molar refractivity (Wildman–Crippen MR) is 80.9 cm³/mol. The minimum absolute atomic E-state index is 0.203. The van der Waals surface area contributed by atoms with Crippen LogP contribution >= 0.6 is 0 Å². The van der Waals surface area contributed by atoms with Gasteiger partial charge in [-0.2, -0.15) is 0 Å². The number of benzene rings is 1. The summed E-state index contributed by atoms with van der Waals surface area (Å²) in [6, 6.07) is 9.79. The van der Waals surface area contributed by atoms with Gasteiger partial charge in [0.15, 0.2) is 0 Å². The fourth-order valence-corrected chi connectivity index (χ4v) is 2.07. The van der Waals surface area contributed by atoms with Crippen LogP contribution in [0.5, 0.6) is 0 Å². The molecule has 0 aromatic heterocycles. The van der Waals surface area contributed by atoms with E-state index < -0.39 is 11.9 Å². The number of ether oxygens (including phenoxy) is 1. The van der Waals surface area contributed by atoms with E-state index in [4.69, 9.17) is 14.7 Å². The molecule has 0 bridgehead atoms. The Morgan fingerprint density at radius 3 is 2.55 bits per heavy atom. The standard InChI is InChI=1S/C16H23NO5/c1-17(21-2)16(20)14(11-15(18)19)9-6-10-22-12-13-7-4-3-5-8-13/h3-5,7-8,14H,6,9-12H2,1-2H3,(H,18,19). The maximum atomic E-state index is 12.0. The molecule has 0 fully saturated rings. The highest BCUT2D eigenvalue weighted by atomic mass is 16.7. The lowest BCUT2D eigenvalue weighted by atomic mass is 9.98. The molecule has 0 radical (unpaired) electrons. The van der Waals surface area contributed by atoms with E-state index in [1.54, 1.807) is 0 Å². The Hall–Kier alpha value is -1.92. The molecule has 1 unspecified atom stereocenters. The van der Waals surface area contributed by atoms with E-state index in [2.05, 4.69) is 0 Å². The summed E-state index contributed by atoms with van der Waals surface area (Å²) in [5.41, 5.74) is 1.08. The van der Waals surface area contributed by atoms with Gasteiger partial charge in [-0.3, -0.25) is 14.4 Å². The SMILES string of the molecule is CON(C)C(=O)C(CCCOCc1ccccc1)CC(=O)O. The molecule has 0 spiro atoms. The van der Waals surface area contributed by atoms with Gasteiger partial charge >= 0.3 is 5.97 Å². The lowest BCUT2D eigenvalue weighted by Crippen LogP contribution is -2.33. The minimum atomic E-state index is -0.993. The summed E-state index contributed by atoms with van der Waals surface area (Å²) in [7, 11) is 2.85. The van der Waals surface area contributed by atoms with Crippen molar-refractivity contribution in [2.24, 2.45) is 5.92 Å². The van der Waals surface area contributed by atoms with E-state index in [0.29, 0.717) is 26.1 Å². The number of hydrogen-bond acceptors (Lipinski definition) is 4. The molecular weight excluding hydrogens is 286 g/mol. The first-order valence-electron chi connectivity index (χ1n) is 7.19. The highest BCUT2D eigenvalue weighted by molar-refractivity contribution is 5.82. The van der Waals surface area contributed by atoms with E-state index >= 15 is 0 Å². The Labute approximate surface area is 130 Å². The zero-order chi connectivity index (χ0) is 16.4. The largest absolute Gasteiger partial charge is 0.481 e. The first-order valence-corrected chi connectivity index (χ1v) is 7.19. The Balaban J connectivity index is 2.33. The maximum absolute atomic E-state index is 12.0. The van der Waals surface area contributed by atoms with Gasteiger partial charge in [0.2, 0.25) is 5.91 Å². The molecule has 0 saturated heterocycles.